The van der Waals surface area contributed by atoms with E-state index in [9.17, 15) is 33.9 Å². The fraction of sp³-hybridized carbons (Fsp3) is 0.662. The van der Waals surface area contributed by atoms with Gasteiger partial charge in [-0.25, -0.2) is 4.79 Å². The normalized spacial score (nSPS) is 32.3. The van der Waals surface area contributed by atoms with Crippen molar-refractivity contribution in [2.24, 2.45) is 35.0 Å². The Hall–Kier alpha value is -5.03. The summed E-state index contributed by atoms with van der Waals surface area (Å²) in [5.74, 6) is 2.82. The summed E-state index contributed by atoms with van der Waals surface area (Å²) in [5.41, 5.74) is 5.91. The van der Waals surface area contributed by atoms with Gasteiger partial charge in [0.15, 0.2) is 5.78 Å². The van der Waals surface area contributed by atoms with Crippen molar-refractivity contribution in [1.29, 1.82) is 0 Å². The van der Waals surface area contributed by atoms with Crippen molar-refractivity contribution in [3.05, 3.63) is 94.1 Å². The maximum absolute atomic E-state index is 14.2. The molecule has 4 aliphatic heterocycles. The Morgan fingerprint density at radius 3 is 2.31 bits per heavy atom. The number of benzene rings is 2. The molecule has 8 aliphatic rings. The number of urea groups is 1. The Morgan fingerprint density at radius 1 is 0.827 bits per heavy atom. The first-order chi connectivity index (χ1) is 39.1. The van der Waals surface area contributed by atoms with E-state index in [0.29, 0.717) is 104 Å². The number of ether oxygens (including phenoxy) is 1. The number of hydrogen-bond donors (Lipinski definition) is 7. The molecule has 16 heteroatoms. The van der Waals surface area contributed by atoms with Gasteiger partial charge in [0.25, 0.3) is 5.91 Å². The zero-order chi connectivity index (χ0) is 56.8. The maximum atomic E-state index is 14.2. The van der Waals surface area contributed by atoms with Gasteiger partial charge in [0, 0.05) is 85.2 Å². The summed E-state index contributed by atoms with van der Waals surface area (Å²) >= 11 is 1.89. The quantitative estimate of drug-likeness (QED) is 0.0231. The number of aliphatic hydroxyl groups is 1. The topological polar surface area (TPSA) is 207 Å². The Bertz CT molecular complexity index is 2670. The lowest BCUT2D eigenvalue weighted by Crippen LogP contribution is -2.55. The van der Waals surface area contributed by atoms with Crippen LogP contribution in [0.2, 0.25) is 0 Å². The lowest BCUT2D eigenvalue weighted by atomic mass is 9.56. The first-order valence-corrected chi connectivity index (χ1v) is 32.2. The molecular weight excluding hydrogens is 1040 g/mol. The van der Waals surface area contributed by atoms with Gasteiger partial charge in [0.1, 0.15) is 6.04 Å². The zero-order valence-corrected chi connectivity index (χ0v) is 49.4. The number of nitrogens with one attached hydrogen (secondary N) is 6. The second-order valence-corrected chi connectivity index (χ2v) is 26.9. The van der Waals surface area contributed by atoms with Crippen molar-refractivity contribution in [2.45, 2.75) is 197 Å². The van der Waals surface area contributed by atoms with E-state index in [1.807, 2.05) is 30.0 Å². The molecule has 81 heavy (non-hydrogen) atoms. The lowest BCUT2D eigenvalue weighted by molar-refractivity contribution is -0.123. The second kappa shape index (κ2) is 26.3. The highest BCUT2D eigenvalue weighted by Gasteiger charge is 2.61. The van der Waals surface area contributed by atoms with Crippen LogP contribution in [0, 0.1) is 35.0 Å². The largest absolute Gasteiger partial charge is 0.393 e. The van der Waals surface area contributed by atoms with E-state index in [2.05, 4.69) is 70.6 Å². The van der Waals surface area contributed by atoms with E-state index in [1.165, 1.54) is 11.1 Å². The minimum atomic E-state index is -0.810. The van der Waals surface area contributed by atoms with Gasteiger partial charge in [-0.2, -0.15) is 11.8 Å². The molecule has 0 radical (unpaired) electrons. The Morgan fingerprint density at radius 2 is 1.54 bits per heavy atom. The highest BCUT2D eigenvalue weighted by Crippen LogP contribution is 2.65. The molecule has 7 N–H and O–H groups in total. The van der Waals surface area contributed by atoms with Crippen molar-refractivity contribution in [3.63, 3.8) is 0 Å². The van der Waals surface area contributed by atoms with Crippen LogP contribution in [0.4, 0.5) is 4.79 Å². The highest BCUT2D eigenvalue weighted by atomic mass is 32.2. The summed E-state index contributed by atoms with van der Waals surface area (Å²) in [5, 5.41) is 29.3. The molecule has 2 aromatic carbocycles. The van der Waals surface area contributed by atoms with E-state index < -0.39 is 11.9 Å². The average molecular weight is 1130 g/mol. The van der Waals surface area contributed by atoms with Gasteiger partial charge in [-0.15, -0.1) is 0 Å². The number of amides is 6. The number of aliphatic hydroxyl groups excluding tert-OH is 1. The third-order valence-electron chi connectivity index (χ3n) is 20.6. The van der Waals surface area contributed by atoms with Crippen LogP contribution in [0.15, 0.2) is 77.4 Å². The summed E-state index contributed by atoms with van der Waals surface area (Å²) in [6.45, 7) is 12.7. The second-order valence-electron chi connectivity index (χ2n) is 25.7. The molecule has 4 heterocycles. The van der Waals surface area contributed by atoms with E-state index in [1.54, 1.807) is 42.0 Å². The van der Waals surface area contributed by atoms with Crippen LogP contribution in [0.1, 0.15) is 176 Å². The number of carbonyl (C=O) groups excluding carboxylic acids is 6. The molecule has 440 valence electrons. The molecule has 4 aliphatic carbocycles. The molecule has 1 spiro atoms. The molecule has 10 rings (SSSR count). The van der Waals surface area contributed by atoms with Crippen molar-refractivity contribution in [3.8, 4) is 0 Å². The van der Waals surface area contributed by atoms with Crippen LogP contribution in [0.3, 0.4) is 0 Å². The van der Waals surface area contributed by atoms with Crippen molar-refractivity contribution >= 4 is 47.2 Å². The van der Waals surface area contributed by atoms with E-state index in [-0.39, 0.29) is 76.8 Å². The average Bonchev–Trinajstić information content (AvgIpc) is 4.43. The number of allylic oxidation sites excluding steroid dienone is 2. The Labute approximate surface area is 484 Å². The maximum Gasteiger partial charge on any atom is 0.315 e. The molecule has 0 aromatic heterocycles. The first kappa shape index (κ1) is 59.1. The molecule has 15 nitrogen and oxygen atoms in total. The standard InChI is InChI=1S/C65H91N7O8S/c1-40-35-54-59(42(3)65(80-54)30-28-48-49-26-25-46-36-47(73)27-29-64(46,4)51(49)37-50(48)41(65)2)72(38-40)34-33-68-62(78)52(69-61(77)45-23-21-44(22-24-45)60(76)43-15-7-5-8-16-43)17-12-14-32-67-56(74)19-9-6-13-31-66-57(75)20-11-10-18-55-58-53(39-81-55)70-63(79)71-58/h5,7-8,15-16,21-25,40,42,47-49,51-55,58-59,73H,6,9-14,17-20,26-39H2,1-4H3,(H,66,75)(H,67,74)(H,68,78)(H,69,77)(H2,70,71,79)/t40-,42+,47-,48-,49-,51-,52?,53-,54+,55?,58-,59-,64-,65?/m0/s1. The fourth-order valence-corrected chi connectivity index (χ4v) is 17.7. The molecule has 3 unspecified atom stereocenters. The highest BCUT2D eigenvalue weighted by molar-refractivity contribution is 8.00. The molecule has 2 saturated carbocycles. The molecule has 2 aromatic rings. The summed E-state index contributed by atoms with van der Waals surface area (Å²) in [7, 11) is 0. The van der Waals surface area contributed by atoms with Gasteiger partial charge in [-0.3, -0.25) is 28.9 Å². The molecule has 6 fully saturated rings. The van der Waals surface area contributed by atoms with Crippen LogP contribution in [0.25, 0.3) is 0 Å². The number of carbonyl (C=O) groups is 6. The van der Waals surface area contributed by atoms with Gasteiger partial charge in [-0.1, -0.05) is 93.3 Å². The van der Waals surface area contributed by atoms with Gasteiger partial charge in [-0.05, 0) is 150 Å². The number of nitrogens with zero attached hydrogens (tertiary/aromatic N) is 1. The van der Waals surface area contributed by atoms with Crippen LogP contribution in [0.5, 0.6) is 0 Å². The number of ketones is 1. The number of piperidine rings is 1. The predicted octanol–water partition coefficient (Wildman–Crippen LogP) is 8.55. The number of hydrogen-bond acceptors (Lipinski definition) is 10. The monoisotopic (exact) mass is 1130 g/mol. The van der Waals surface area contributed by atoms with Crippen molar-refractivity contribution in [1.82, 2.24) is 36.8 Å². The molecular formula is C65H91N7O8S. The number of fused-ring (bicyclic) bond motifs is 7. The molecule has 4 saturated heterocycles. The molecule has 6 amide bonds. The predicted molar refractivity (Wildman–Crippen MR) is 316 cm³/mol. The van der Waals surface area contributed by atoms with Crippen LogP contribution in [-0.2, 0) is 19.1 Å². The lowest BCUT2D eigenvalue weighted by Gasteiger charge is -2.49. The minimum Gasteiger partial charge on any atom is -0.393 e. The SMILES string of the molecule is CC1=C2C[C@H]3[C@@H](CC=C4C[C@@H](O)CC[C@@]43C)[C@@H]2CCC12O[C@@H]1C[C@H](C)CN(CCNC(=O)C(CCCCNC(=O)CCCCCNC(=O)CCCCC3SC[C@@H]4NC(=O)N[C@H]34)NC(=O)c3ccc(C(=O)c4ccccc4)cc3)[C@H]1[C@H]2C. The van der Waals surface area contributed by atoms with E-state index in [4.69, 9.17) is 4.74 Å². The van der Waals surface area contributed by atoms with Crippen LogP contribution in [-0.4, -0.2) is 131 Å². The van der Waals surface area contributed by atoms with Crippen molar-refractivity contribution in [2.75, 3.05) is 38.5 Å². The van der Waals surface area contributed by atoms with Gasteiger partial charge in [0.2, 0.25) is 17.7 Å². The molecule has 14 atom stereocenters. The molecule has 0 bridgehead atoms. The number of likely N-dealkylation sites (tertiary alicyclic amines) is 1. The number of thioether (sulfide) groups is 1. The minimum absolute atomic E-state index is 0.0274. The van der Waals surface area contributed by atoms with E-state index >= 15 is 0 Å². The van der Waals surface area contributed by atoms with Gasteiger partial charge >= 0.3 is 6.03 Å². The summed E-state index contributed by atoms with van der Waals surface area (Å²) in [4.78, 5) is 80.7. The third kappa shape index (κ3) is 13.2. The van der Waals surface area contributed by atoms with E-state index in [0.717, 1.165) is 102 Å². The Kier molecular flexibility index (Phi) is 19.2. The smallest absolute Gasteiger partial charge is 0.315 e. The van der Waals surface area contributed by atoms with Gasteiger partial charge < -0.3 is 41.7 Å². The summed E-state index contributed by atoms with van der Waals surface area (Å²) < 4.78 is 7.43. The number of rotatable bonds is 24. The van der Waals surface area contributed by atoms with Gasteiger partial charge in [0.05, 0.1) is 29.9 Å². The van der Waals surface area contributed by atoms with Crippen LogP contribution >= 0.6 is 11.8 Å². The summed E-state index contributed by atoms with van der Waals surface area (Å²) in [6.07, 6.45) is 18.3. The number of unbranched alkanes of at least 4 members (excludes halogenated alkanes) is 4. The Balaban J connectivity index is 0.685. The van der Waals surface area contributed by atoms with Crippen LogP contribution < -0.4 is 31.9 Å². The fourth-order valence-electron chi connectivity index (χ4n) is 16.2. The van der Waals surface area contributed by atoms with Crippen molar-refractivity contribution < 1.29 is 38.6 Å². The first-order valence-electron chi connectivity index (χ1n) is 31.1. The zero-order valence-electron chi connectivity index (χ0n) is 48.5. The summed E-state index contributed by atoms with van der Waals surface area (Å²) in [6, 6.07) is 15.3. The third-order valence-corrected chi connectivity index (χ3v) is 22.1.